The van der Waals surface area contributed by atoms with Crippen molar-refractivity contribution in [1.82, 2.24) is 20.6 Å². The summed E-state index contributed by atoms with van der Waals surface area (Å²) in [5, 5.41) is 22.4. The monoisotopic (exact) mass is 242 g/mol. The molecule has 0 bridgehead atoms. The van der Waals surface area contributed by atoms with Gasteiger partial charge in [0, 0.05) is 6.20 Å². The van der Waals surface area contributed by atoms with Gasteiger partial charge in [-0.1, -0.05) is 0 Å². The zero-order valence-corrected chi connectivity index (χ0v) is 9.17. The number of aliphatic carboxylic acids is 1. The summed E-state index contributed by atoms with van der Waals surface area (Å²) in [7, 11) is 0. The number of carbonyl (C=O) groups excluding carboxylic acids is 1. The summed E-state index contributed by atoms with van der Waals surface area (Å²) in [5.41, 5.74) is 0.684. The molecule has 0 aliphatic carbocycles. The Morgan fingerprint density at radius 3 is 2.76 bits per heavy atom. The minimum atomic E-state index is -1.34. The van der Waals surface area contributed by atoms with Crippen LogP contribution in [0.15, 0.2) is 12.5 Å². The van der Waals surface area contributed by atoms with Crippen LogP contribution < -0.4 is 10.6 Å². The SMILES string of the molecule is C[C@@H](O)[C@H](NC(=O)NCc1cnc[nH]1)C(=O)O. The molecule has 0 unspecified atom stereocenters. The maximum atomic E-state index is 11.3. The van der Waals surface area contributed by atoms with Crippen molar-refractivity contribution < 1.29 is 19.8 Å². The topological polar surface area (TPSA) is 127 Å². The number of nitrogens with zero attached hydrogens (tertiary/aromatic N) is 1. The molecule has 8 heteroatoms. The molecule has 0 aliphatic rings. The van der Waals surface area contributed by atoms with Crippen LogP contribution in [0, 0.1) is 0 Å². The number of amides is 2. The second-order valence-electron chi connectivity index (χ2n) is 3.46. The van der Waals surface area contributed by atoms with Gasteiger partial charge in [-0.3, -0.25) is 0 Å². The Kier molecular flexibility index (Phi) is 4.46. The van der Waals surface area contributed by atoms with Crippen LogP contribution in [0.1, 0.15) is 12.6 Å². The maximum absolute atomic E-state index is 11.3. The van der Waals surface area contributed by atoms with Crippen LogP contribution in [0.2, 0.25) is 0 Å². The summed E-state index contributed by atoms with van der Waals surface area (Å²) < 4.78 is 0. The number of aromatic amines is 1. The fourth-order valence-electron chi connectivity index (χ4n) is 1.14. The Hall–Kier alpha value is -2.09. The molecule has 94 valence electrons. The molecule has 0 saturated heterocycles. The van der Waals surface area contributed by atoms with E-state index in [0.29, 0.717) is 5.69 Å². The number of aliphatic hydroxyl groups is 1. The van der Waals surface area contributed by atoms with E-state index in [4.69, 9.17) is 10.2 Å². The number of nitrogens with one attached hydrogen (secondary N) is 3. The quantitative estimate of drug-likeness (QED) is 0.454. The van der Waals surface area contributed by atoms with Crippen molar-refractivity contribution in [3.05, 3.63) is 18.2 Å². The lowest BCUT2D eigenvalue weighted by Gasteiger charge is -2.17. The standard InChI is InChI=1S/C9H14N4O4/c1-5(14)7(8(15)16)13-9(17)11-3-6-2-10-4-12-6/h2,4-5,7,14H,3H2,1H3,(H,10,12)(H,15,16)(H2,11,13,17)/t5-,7+/m1/s1. The number of carboxylic acids is 1. The van der Waals surface area contributed by atoms with Crippen molar-refractivity contribution in [2.75, 3.05) is 0 Å². The van der Waals surface area contributed by atoms with E-state index in [2.05, 4.69) is 20.6 Å². The Morgan fingerprint density at radius 1 is 1.59 bits per heavy atom. The van der Waals surface area contributed by atoms with Crippen LogP contribution >= 0.6 is 0 Å². The number of urea groups is 1. The van der Waals surface area contributed by atoms with Gasteiger partial charge in [0.05, 0.1) is 24.7 Å². The summed E-state index contributed by atoms with van der Waals surface area (Å²) in [5.74, 6) is -1.29. The fraction of sp³-hybridized carbons (Fsp3) is 0.444. The Morgan fingerprint density at radius 2 is 2.29 bits per heavy atom. The van der Waals surface area contributed by atoms with Crippen molar-refractivity contribution in [3.8, 4) is 0 Å². The molecule has 0 radical (unpaired) electrons. The zero-order valence-electron chi connectivity index (χ0n) is 9.17. The van der Waals surface area contributed by atoms with E-state index in [1.165, 1.54) is 19.4 Å². The van der Waals surface area contributed by atoms with Gasteiger partial charge in [-0.25, -0.2) is 14.6 Å². The van der Waals surface area contributed by atoms with Crippen LogP contribution in [0.5, 0.6) is 0 Å². The molecule has 1 aromatic heterocycles. The normalized spacial score (nSPS) is 13.8. The molecule has 0 aromatic carbocycles. The van der Waals surface area contributed by atoms with Crippen LogP contribution in [-0.2, 0) is 11.3 Å². The van der Waals surface area contributed by atoms with Crippen molar-refractivity contribution in [3.63, 3.8) is 0 Å². The van der Waals surface area contributed by atoms with E-state index in [1.807, 2.05) is 0 Å². The number of hydrogen-bond donors (Lipinski definition) is 5. The molecule has 5 N–H and O–H groups in total. The highest BCUT2D eigenvalue weighted by Gasteiger charge is 2.24. The minimum absolute atomic E-state index is 0.192. The number of imidazole rings is 1. The van der Waals surface area contributed by atoms with Crippen molar-refractivity contribution in [1.29, 1.82) is 0 Å². The van der Waals surface area contributed by atoms with E-state index >= 15 is 0 Å². The molecule has 1 heterocycles. The highest BCUT2D eigenvalue weighted by atomic mass is 16.4. The van der Waals surface area contributed by atoms with Gasteiger partial charge in [0.25, 0.3) is 0 Å². The molecule has 0 aliphatic heterocycles. The predicted octanol–water partition coefficient (Wildman–Crippen LogP) is -0.957. The molecule has 0 fully saturated rings. The first-order chi connectivity index (χ1) is 8.00. The molecule has 17 heavy (non-hydrogen) atoms. The lowest BCUT2D eigenvalue weighted by molar-refractivity contribution is -0.141. The number of aliphatic hydroxyl groups excluding tert-OH is 1. The molecule has 8 nitrogen and oxygen atoms in total. The molecule has 1 rings (SSSR count). The number of carboxylic acid groups (broad SMARTS) is 1. The lowest BCUT2D eigenvalue weighted by atomic mass is 10.2. The van der Waals surface area contributed by atoms with Crippen molar-refractivity contribution in [2.45, 2.75) is 25.6 Å². The van der Waals surface area contributed by atoms with Crippen LogP contribution in [0.4, 0.5) is 4.79 Å². The number of carbonyl (C=O) groups is 2. The van der Waals surface area contributed by atoms with Crippen molar-refractivity contribution in [2.24, 2.45) is 0 Å². The van der Waals surface area contributed by atoms with Crippen molar-refractivity contribution >= 4 is 12.0 Å². The molecule has 2 atom stereocenters. The third kappa shape index (κ3) is 4.11. The van der Waals surface area contributed by atoms with Gasteiger partial charge in [-0.15, -0.1) is 0 Å². The molecule has 2 amide bonds. The smallest absolute Gasteiger partial charge is 0.328 e. The largest absolute Gasteiger partial charge is 0.480 e. The van der Waals surface area contributed by atoms with Gasteiger partial charge < -0.3 is 25.8 Å². The van der Waals surface area contributed by atoms with Gasteiger partial charge in [0.2, 0.25) is 0 Å². The third-order valence-electron chi connectivity index (χ3n) is 2.03. The van der Waals surface area contributed by atoms with Crippen LogP contribution in [0.3, 0.4) is 0 Å². The van der Waals surface area contributed by atoms with Crippen LogP contribution in [-0.4, -0.2) is 44.3 Å². The first-order valence-electron chi connectivity index (χ1n) is 4.93. The fourth-order valence-corrected chi connectivity index (χ4v) is 1.14. The molecule has 0 saturated carbocycles. The molecule has 0 spiro atoms. The minimum Gasteiger partial charge on any atom is -0.480 e. The number of rotatable bonds is 5. The van der Waals surface area contributed by atoms with Gasteiger partial charge >= 0.3 is 12.0 Å². The van der Waals surface area contributed by atoms with Gasteiger partial charge in [0.15, 0.2) is 6.04 Å². The van der Waals surface area contributed by atoms with Crippen LogP contribution in [0.25, 0.3) is 0 Å². The van der Waals surface area contributed by atoms with E-state index in [1.54, 1.807) is 0 Å². The second kappa shape index (κ2) is 5.85. The van der Waals surface area contributed by atoms with Gasteiger partial charge in [0.1, 0.15) is 0 Å². The molecule has 1 aromatic rings. The van der Waals surface area contributed by atoms with Gasteiger partial charge in [-0.05, 0) is 6.92 Å². The summed E-state index contributed by atoms with van der Waals surface area (Å²) in [6.07, 6.45) is 1.82. The van der Waals surface area contributed by atoms with E-state index in [0.717, 1.165) is 0 Å². The third-order valence-corrected chi connectivity index (χ3v) is 2.03. The average Bonchev–Trinajstić information content (AvgIpc) is 2.74. The Bertz CT molecular complexity index is 376. The molecular formula is C9H14N4O4. The first kappa shape index (κ1) is 13.0. The summed E-state index contributed by atoms with van der Waals surface area (Å²) in [6, 6.07) is -2.01. The Balaban J connectivity index is 2.40. The second-order valence-corrected chi connectivity index (χ2v) is 3.46. The first-order valence-corrected chi connectivity index (χ1v) is 4.93. The summed E-state index contributed by atoms with van der Waals surface area (Å²) in [6.45, 7) is 1.48. The van der Waals surface area contributed by atoms with Gasteiger partial charge in [-0.2, -0.15) is 0 Å². The number of hydrogen-bond acceptors (Lipinski definition) is 4. The summed E-state index contributed by atoms with van der Waals surface area (Å²) in [4.78, 5) is 28.5. The maximum Gasteiger partial charge on any atom is 0.328 e. The van der Waals surface area contributed by atoms with E-state index < -0.39 is 24.1 Å². The van der Waals surface area contributed by atoms with E-state index in [9.17, 15) is 9.59 Å². The average molecular weight is 242 g/mol. The summed E-state index contributed by atoms with van der Waals surface area (Å²) >= 11 is 0. The Labute approximate surface area is 97.1 Å². The molecular weight excluding hydrogens is 228 g/mol. The highest BCUT2D eigenvalue weighted by molar-refractivity contribution is 5.82. The number of H-pyrrole nitrogens is 1. The number of aromatic nitrogens is 2. The highest BCUT2D eigenvalue weighted by Crippen LogP contribution is 1.94. The lowest BCUT2D eigenvalue weighted by Crippen LogP contribution is -2.50. The zero-order chi connectivity index (χ0) is 12.8. The predicted molar refractivity (Wildman–Crippen MR) is 57.1 cm³/mol. The van der Waals surface area contributed by atoms with E-state index in [-0.39, 0.29) is 6.54 Å².